The summed E-state index contributed by atoms with van der Waals surface area (Å²) in [5.41, 5.74) is -0.185. The molecule has 0 unspecified atom stereocenters. The van der Waals surface area contributed by atoms with E-state index >= 15 is 0 Å². The molecule has 0 radical (unpaired) electrons. The zero-order chi connectivity index (χ0) is 14.1. The summed E-state index contributed by atoms with van der Waals surface area (Å²) in [6.07, 6.45) is 3.29. The second-order valence-corrected chi connectivity index (χ2v) is 3.92. The lowest BCUT2D eigenvalue weighted by molar-refractivity contribution is -0.122. The Kier molecular flexibility index (Phi) is 6.51. The molecule has 106 valence electrons. The zero-order valence-corrected chi connectivity index (χ0v) is 10.8. The lowest BCUT2D eigenvalue weighted by atomic mass is 10.4. The van der Waals surface area contributed by atoms with E-state index in [4.69, 9.17) is 9.84 Å². The van der Waals surface area contributed by atoms with Crippen LogP contribution in [0.1, 0.15) is 30.3 Å². The van der Waals surface area contributed by atoms with E-state index < -0.39 is 5.97 Å². The van der Waals surface area contributed by atoms with Crippen LogP contribution in [0.5, 0.6) is 0 Å². The molecule has 0 fully saturated rings. The molecule has 1 heterocycles. The van der Waals surface area contributed by atoms with Crippen LogP contribution in [0.25, 0.3) is 0 Å². The quantitative estimate of drug-likeness (QED) is 0.607. The largest absolute Gasteiger partial charge is 0.476 e. The van der Waals surface area contributed by atoms with Gasteiger partial charge in [-0.1, -0.05) is 18.6 Å². The van der Waals surface area contributed by atoms with E-state index in [1.165, 1.54) is 10.9 Å². The van der Waals surface area contributed by atoms with Gasteiger partial charge in [-0.3, -0.25) is 4.79 Å². The minimum atomic E-state index is -1.17. The molecule has 0 bridgehead atoms. The SMILES string of the molecule is CCCCOCCNC(=O)Cn1cc(C(=O)O)nn1. The lowest BCUT2D eigenvalue weighted by Gasteiger charge is -2.05. The van der Waals surface area contributed by atoms with E-state index in [-0.39, 0.29) is 18.1 Å². The molecular formula is C11H18N4O4. The number of amides is 1. The maximum atomic E-state index is 11.5. The number of hydrogen-bond donors (Lipinski definition) is 2. The van der Waals surface area contributed by atoms with Gasteiger partial charge in [0.15, 0.2) is 5.69 Å². The van der Waals surface area contributed by atoms with E-state index in [9.17, 15) is 9.59 Å². The Balaban J connectivity index is 2.18. The Morgan fingerprint density at radius 1 is 1.47 bits per heavy atom. The molecule has 1 rings (SSSR count). The number of unbranched alkanes of at least 4 members (excludes halogenated alkanes) is 1. The Morgan fingerprint density at radius 3 is 2.89 bits per heavy atom. The van der Waals surface area contributed by atoms with Crippen LogP contribution < -0.4 is 5.32 Å². The molecular weight excluding hydrogens is 252 g/mol. The van der Waals surface area contributed by atoms with Crippen molar-refractivity contribution in [3.8, 4) is 0 Å². The van der Waals surface area contributed by atoms with Crippen molar-refractivity contribution in [2.75, 3.05) is 19.8 Å². The van der Waals surface area contributed by atoms with Gasteiger partial charge in [0.25, 0.3) is 0 Å². The molecule has 19 heavy (non-hydrogen) atoms. The highest BCUT2D eigenvalue weighted by Crippen LogP contribution is 1.92. The topological polar surface area (TPSA) is 106 Å². The van der Waals surface area contributed by atoms with Gasteiger partial charge in [-0.05, 0) is 6.42 Å². The average molecular weight is 270 g/mol. The standard InChI is InChI=1S/C11H18N4O4/c1-2-3-5-19-6-4-12-10(16)8-15-7-9(11(17)18)13-14-15/h7H,2-6,8H2,1H3,(H,12,16)(H,17,18). The van der Waals surface area contributed by atoms with Gasteiger partial charge in [-0.25, -0.2) is 9.48 Å². The van der Waals surface area contributed by atoms with Gasteiger partial charge < -0.3 is 15.2 Å². The number of hydrogen-bond acceptors (Lipinski definition) is 5. The molecule has 8 nitrogen and oxygen atoms in total. The minimum Gasteiger partial charge on any atom is -0.476 e. The number of carboxylic acid groups (broad SMARTS) is 1. The fraction of sp³-hybridized carbons (Fsp3) is 0.636. The van der Waals surface area contributed by atoms with Crippen molar-refractivity contribution in [1.82, 2.24) is 20.3 Å². The summed E-state index contributed by atoms with van der Waals surface area (Å²) in [5, 5.41) is 18.2. The van der Waals surface area contributed by atoms with Crippen LogP contribution in [0.3, 0.4) is 0 Å². The zero-order valence-electron chi connectivity index (χ0n) is 10.8. The van der Waals surface area contributed by atoms with Crippen LogP contribution in [-0.2, 0) is 16.1 Å². The molecule has 1 aromatic rings. The summed E-state index contributed by atoms with van der Waals surface area (Å²) in [6, 6.07) is 0. The lowest BCUT2D eigenvalue weighted by Crippen LogP contribution is -2.30. The number of nitrogens with one attached hydrogen (secondary N) is 1. The molecule has 0 saturated heterocycles. The minimum absolute atomic E-state index is 0.0603. The van der Waals surface area contributed by atoms with E-state index in [0.717, 1.165) is 12.8 Å². The summed E-state index contributed by atoms with van der Waals surface area (Å²) in [5.74, 6) is -1.43. The van der Waals surface area contributed by atoms with Gasteiger partial charge in [0.2, 0.25) is 5.91 Å². The summed E-state index contributed by atoms with van der Waals surface area (Å²) in [6.45, 7) is 3.59. The van der Waals surface area contributed by atoms with Crippen LogP contribution in [0.4, 0.5) is 0 Å². The third-order valence-electron chi connectivity index (χ3n) is 2.27. The van der Waals surface area contributed by atoms with Crippen molar-refractivity contribution in [2.45, 2.75) is 26.3 Å². The fourth-order valence-corrected chi connectivity index (χ4v) is 1.29. The normalized spacial score (nSPS) is 10.4. The number of nitrogens with zero attached hydrogens (tertiary/aromatic N) is 3. The fourth-order valence-electron chi connectivity index (χ4n) is 1.29. The predicted octanol–water partition coefficient (Wildman–Crippen LogP) is -0.0908. The first-order valence-electron chi connectivity index (χ1n) is 6.11. The number of rotatable bonds is 9. The molecule has 0 aliphatic heterocycles. The second kappa shape index (κ2) is 8.20. The summed E-state index contributed by atoms with van der Waals surface area (Å²) >= 11 is 0. The number of carboxylic acids is 1. The van der Waals surface area contributed by atoms with Crippen LogP contribution in [-0.4, -0.2) is 51.7 Å². The van der Waals surface area contributed by atoms with Gasteiger partial charge in [0.1, 0.15) is 6.54 Å². The van der Waals surface area contributed by atoms with Gasteiger partial charge in [-0.15, -0.1) is 5.10 Å². The summed E-state index contributed by atoms with van der Waals surface area (Å²) in [7, 11) is 0. The maximum Gasteiger partial charge on any atom is 0.358 e. The van der Waals surface area contributed by atoms with E-state index in [1.807, 2.05) is 0 Å². The highest BCUT2D eigenvalue weighted by Gasteiger charge is 2.10. The number of aromatic nitrogens is 3. The molecule has 1 aromatic heterocycles. The summed E-state index contributed by atoms with van der Waals surface area (Å²) in [4.78, 5) is 22.0. The van der Waals surface area contributed by atoms with Crippen molar-refractivity contribution < 1.29 is 19.4 Å². The molecule has 1 amide bonds. The first kappa shape index (κ1) is 15.1. The van der Waals surface area contributed by atoms with Crippen LogP contribution in [0.15, 0.2) is 6.20 Å². The Morgan fingerprint density at radius 2 is 2.26 bits per heavy atom. The molecule has 2 N–H and O–H groups in total. The third kappa shape index (κ3) is 5.96. The number of ether oxygens (including phenoxy) is 1. The Hall–Kier alpha value is -1.96. The average Bonchev–Trinajstić information content (AvgIpc) is 2.82. The van der Waals surface area contributed by atoms with E-state index in [0.29, 0.717) is 19.8 Å². The molecule has 0 aromatic carbocycles. The maximum absolute atomic E-state index is 11.5. The summed E-state index contributed by atoms with van der Waals surface area (Å²) < 4.78 is 6.46. The molecule has 0 aliphatic carbocycles. The van der Waals surface area contributed by atoms with Crippen molar-refractivity contribution in [3.05, 3.63) is 11.9 Å². The van der Waals surface area contributed by atoms with E-state index in [2.05, 4.69) is 22.6 Å². The molecule has 8 heteroatoms. The first-order chi connectivity index (χ1) is 9.13. The van der Waals surface area contributed by atoms with Gasteiger partial charge in [0.05, 0.1) is 12.8 Å². The van der Waals surface area contributed by atoms with Crippen molar-refractivity contribution in [3.63, 3.8) is 0 Å². The molecule has 0 spiro atoms. The molecule has 0 atom stereocenters. The Labute approximate surface area is 110 Å². The second-order valence-electron chi connectivity index (χ2n) is 3.92. The van der Waals surface area contributed by atoms with Crippen LogP contribution in [0.2, 0.25) is 0 Å². The van der Waals surface area contributed by atoms with Gasteiger partial charge in [0, 0.05) is 13.2 Å². The first-order valence-corrected chi connectivity index (χ1v) is 6.11. The third-order valence-corrected chi connectivity index (χ3v) is 2.27. The van der Waals surface area contributed by atoms with Crippen molar-refractivity contribution >= 4 is 11.9 Å². The van der Waals surface area contributed by atoms with Crippen molar-refractivity contribution in [1.29, 1.82) is 0 Å². The predicted molar refractivity (Wildman–Crippen MR) is 65.7 cm³/mol. The molecule has 0 saturated carbocycles. The Bertz CT molecular complexity index is 419. The van der Waals surface area contributed by atoms with Gasteiger partial charge in [-0.2, -0.15) is 0 Å². The smallest absolute Gasteiger partial charge is 0.358 e. The number of carbonyl (C=O) groups is 2. The monoisotopic (exact) mass is 270 g/mol. The molecule has 0 aliphatic rings. The number of aromatic carboxylic acids is 1. The highest BCUT2D eigenvalue weighted by molar-refractivity contribution is 5.84. The highest BCUT2D eigenvalue weighted by atomic mass is 16.5. The van der Waals surface area contributed by atoms with Crippen LogP contribution in [0, 0.1) is 0 Å². The van der Waals surface area contributed by atoms with Gasteiger partial charge >= 0.3 is 5.97 Å². The number of carbonyl (C=O) groups excluding carboxylic acids is 1. The van der Waals surface area contributed by atoms with Crippen molar-refractivity contribution in [2.24, 2.45) is 0 Å². The van der Waals surface area contributed by atoms with Crippen LogP contribution >= 0.6 is 0 Å². The van der Waals surface area contributed by atoms with E-state index in [1.54, 1.807) is 0 Å².